The Morgan fingerprint density at radius 3 is 2.55 bits per heavy atom. The van der Waals surface area contributed by atoms with Gasteiger partial charge in [-0.15, -0.1) is 0 Å². The van der Waals surface area contributed by atoms with E-state index in [1.54, 1.807) is 0 Å². The average Bonchev–Trinajstić information content (AvgIpc) is 3.49. The first-order chi connectivity index (χ1) is 15.0. The number of rotatable bonds is 7. The van der Waals surface area contributed by atoms with Gasteiger partial charge in [-0.1, -0.05) is 19.4 Å². The van der Waals surface area contributed by atoms with Gasteiger partial charge in [-0.25, -0.2) is 4.79 Å². The Hall–Kier alpha value is -1.89. The monoisotopic (exact) mass is 430 g/mol. The Morgan fingerprint density at radius 2 is 1.94 bits per heavy atom. The zero-order valence-electron chi connectivity index (χ0n) is 19.2. The van der Waals surface area contributed by atoms with Crippen LogP contribution < -0.4 is 5.32 Å². The van der Waals surface area contributed by atoms with E-state index in [0.29, 0.717) is 32.1 Å². The summed E-state index contributed by atoms with van der Waals surface area (Å²) in [4.78, 5) is 44.9. The summed E-state index contributed by atoms with van der Waals surface area (Å²) in [7, 11) is 2.13. The summed E-state index contributed by atoms with van der Waals surface area (Å²) in [5.41, 5.74) is 0.157. The van der Waals surface area contributed by atoms with Gasteiger partial charge >= 0.3 is 6.03 Å². The van der Waals surface area contributed by atoms with E-state index in [2.05, 4.69) is 30.3 Å². The van der Waals surface area contributed by atoms with Gasteiger partial charge in [0.1, 0.15) is 5.54 Å². The van der Waals surface area contributed by atoms with Crippen LogP contribution in [0.5, 0.6) is 0 Å². The minimum atomic E-state index is -0.796. The van der Waals surface area contributed by atoms with Gasteiger partial charge in [0.05, 0.1) is 0 Å². The van der Waals surface area contributed by atoms with Crippen LogP contribution in [0.15, 0.2) is 11.6 Å². The highest BCUT2D eigenvalue weighted by Crippen LogP contribution is 2.38. The maximum absolute atomic E-state index is 13.6. The first-order valence-electron chi connectivity index (χ1n) is 12.3. The molecule has 0 saturated carbocycles. The molecule has 0 aromatic heterocycles. The van der Waals surface area contributed by atoms with Crippen molar-refractivity contribution in [3.05, 3.63) is 11.6 Å². The van der Waals surface area contributed by atoms with Gasteiger partial charge in [0.2, 0.25) is 5.91 Å². The topological polar surface area (TPSA) is 73.0 Å². The fraction of sp³-hybridized carbons (Fsp3) is 0.792. The number of amides is 4. The third kappa shape index (κ3) is 4.26. The van der Waals surface area contributed by atoms with Gasteiger partial charge in [-0.2, -0.15) is 0 Å². The zero-order valence-corrected chi connectivity index (χ0v) is 19.2. The highest BCUT2D eigenvalue weighted by molar-refractivity contribution is 6.07. The van der Waals surface area contributed by atoms with Gasteiger partial charge in [0.25, 0.3) is 5.91 Å². The van der Waals surface area contributed by atoms with Gasteiger partial charge in [0, 0.05) is 31.2 Å². The lowest BCUT2D eigenvalue weighted by molar-refractivity contribution is -0.135. The minimum Gasteiger partial charge on any atom is -0.339 e. The molecular weight excluding hydrogens is 392 g/mol. The zero-order chi connectivity index (χ0) is 22.0. The number of urea groups is 1. The third-order valence-electron chi connectivity index (χ3n) is 8.00. The van der Waals surface area contributed by atoms with Crippen molar-refractivity contribution in [2.45, 2.75) is 82.7 Å². The second kappa shape index (κ2) is 9.31. The predicted octanol–water partition coefficient (Wildman–Crippen LogP) is 2.91. The lowest BCUT2D eigenvalue weighted by Gasteiger charge is -2.41. The summed E-state index contributed by atoms with van der Waals surface area (Å²) < 4.78 is 0. The number of carbonyl (C=O) groups is 3. The van der Waals surface area contributed by atoms with Crippen molar-refractivity contribution in [1.29, 1.82) is 0 Å². The quantitative estimate of drug-likeness (QED) is 0.631. The molecule has 31 heavy (non-hydrogen) atoms. The molecule has 3 heterocycles. The highest BCUT2D eigenvalue weighted by Gasteiger charge is 2.55. The maximum Gasteiger partial charge on any atom is 0.325 e. The molecule has 1 N–H and O–H groups in total. The SMILES string of the molecule is CCC[C@]1(C2CCN(C(=O)C3=CCCC3)CC2)NC(=O)N(CC[C@@H]2CCCN2C)C1=O. The van der Waals surface area contributed by atoms with Crippen LogP contribution in [0.3, 0.4) is 0 Å². The number of piperidine rings is 1. The van der Waals surface area contributed by atoms with E-state index in [4.69, 9.17) is 0 Å². The van der Waals surface area contributed by atoms with E-state index in [0.717, 1.165) is 63.5 Å². The van der Waals surface area contributed by atoms with E-state index in [1.165, 1.54) is 11.3 Å². The van der Waals surface area contributed by atoms with Crippen LogP contribution in [0.2, 0.25) is 0 Å². The largest absolute Gasteiger partial charge is 0.339 e. The van der Waals surface area contributed by atoms with Crippen LogP contribution in [0.25, 0.3) is 0 Å². The Morgan fingerprint density at radius 1 is 1.16 bits per heavy atom. The fourth-order valence-electron chi connectivity index (χ4n) is 6.16. The average molecular weight is 431 g/mol. The van der Waals surface area contributed by atoms with Crippen molar-refractivity contribution in [3.63, 3.8) is 0 Å². The van der Waals surface area contributed by atoms with Crippen LogP contribution in [-0.2, 0) is 9.59 Å². The van der Waals surface area contributed by atoms with E-state index in [-0.39, 0.29) is 23.8 Å². The van der Waals surface area contributed by atoms with Gasteiger partial charge < -0.3 is 15.1 Å². The molecule has 3 saturated heterocycles. The van der Waals surface area contributed by atoms with Crippen molar-refractivity contribution in [1.82, 2.24) is 20.0 Å². The van der Waals surface area contributed by atoms with Crippen molar-refractivity contribution in [2.24, 2.45) is 5.92 Å². The van der Waals surface area contributed by atoms with E-state index in [1.807, 2.05) is 4.90 Å². The Bertz CT molecular complexity index is 743. The number of likely N-dealkylation sites (tertiary alicyclic amines) is 2. The van der Waals surface area contributed by atoms with E-state index in [9.17, 15) is 14.4 Å². The Labute approximate surface area is 186 Å². The summed E-state index contributed by atoms with van der Waals surface area (Å²) in [6.07, 6.45) is 11.3. The number of imide groups is 1. The minimum absolute atomic E-state index is 0.0386. The van der Waals surface area contributed by atoms with Gasteiger partial charge in [0.15, 0.2) is 0 Å². The van der Waals surface area contributed by atoms with Crippen LogP contribution >= 0.6 is 0 Å². The number of hydrogen-bond acceptors (Lipinski definition) is 4. The van der Waals surface area contributed by atoms with Crippen molar-refractivity contribution >= 4 is 17.8 Å². The van der Waals surface area contributed by atoms with Crippen LogP contribution in [0.4, 0.5) is 4.79 Å². The molecule has 0 radical (unpaired) electrons. The summed E-state index contributed by atoms with van der Waals surface area (Å²) >= 11 is 0. The molecule has 4 aliphatic rings. The van der Waals surface area contributed by atoms with Crippen LogP contribution in [0, 0.1) is 5.92 Å². The second-order valence-corrected chi connectivity index (χ2v) is 9.86. The van der Waals surface area contributed by atoms with Crippen LogP contribution in [0.1, 0.15) is 71.1 Å². The molecule has 3 aliphatic heterocycles. The maximum atomic E-state index is 13.6. The van der Waals surface area contributed by atoms with Gasteiger partial charge in [-0.3, -0.25) is 14.5 Å². The molecule has 7 heteroatoms. The first kappa shape index (κ1) is 22.3. The molecule has 0 aromatic carbocycles. The molecule has 0 aromatic rings. The smallest absolute Gasteiger partial charge is 0.325 e. The second-order valence-electron chi connectivity index (χ2n) is 9.86. The highest BCUT2D eigenvalue weighted by atomic mass is 16.2. The first-order valence-corrected chi connectivity index (χ1v) is 12.3. The molecule has 0 bridgehead atoms. The van der Waals surface area contributed by atoms with Gasteiger partial charge in [-0.05, 0) is 77.3 Å². The molecule has 4 amide bonds. The van der Waals surface area contributed by atoms with Crippen molar-refractivity contribution < 1.29 is 14.4 Å². The predicted molar refractivity (Wildman–Crippen MR) is 119 cm³/mol. The number of allylic oxidation sites excluding steroid dienone is 1. The van der Waals surface area contributed by atoms with Crippen molar-refractivity contribution in [2.75, 3.05) is 33.2 Å². The summed E-state index contributed by atoms with van der Waals surface area (Å²) in [5, 5.41) is 3.13. The molecule has 0 unspecified atom stereocenters. The molecule has 7 nitrogen and oxygen atoms in total. The Kier molecular flexibility index (Phi) is 6.70. The molecule has 2 atom stereocenters. The number of carbonyl (C=O) groups excluding carboxylic acids is 3. The third-order valence-corrected chi connectivity index (χ3v) is 8.00. The summed E-state index contributed by atoms with van der Waals surface area (Å²) in [6, 6.07) is 0.231. The van der Waals surface area contributed by atoms with Crippen molar-refractivity contribution in [3.8, 4) is 0 Å². The number of nitrogens with one attached hydrogen (secondary N) is 1. The normalized spacial score (nSPS) is 30.3. The van der Waals surface area contributed by atoms with E-state index < -0.39 is 5.54 Å². The molecule has 172 valence electrons. The fourth-order valence-corrected chi connectivity index (χ4v) is 6.16. The lowest BCUT2D eigenvalue weighted by atomic mass is 9.74. The molecule has 4 rings (SSSR count). The number of hydrogen-bond donors (Lipinski definition) is 1. The lowest BCUT2D eigenvalue weighted by Crippen LogP contribution is -2.56. The van der Waals surface area contributed by atoms with E-state index >= 15 is 0 Å². The number of nitrogens with zero attached hydrogens (tertiary/aromatic N) is 3. The summed E-state index contributed by atoms with van der Waals surface area (Å²) in [5.74, 6) is 0.220. The molecule has 3 fully saturated rings. The Balaban J connectivity index is 1.40. The standard InChI is InChI=1S/C24H38N4O3/c1-3-13-24(19-10-15-27(16-11-19)21(29)18-7-4-5-8-18)22(30)28(23(31)25-24)17-12-20-9-6-14-26(20)2/h7,19-20H,3-6,8-17H2,1-2H3,(H,25,31)/t20-,24+/m0/s1. The molecule has 1 aliphatic carbocycles. The van der Waals surface area contributed by atoms with Crippen LogP contribution in [-0.4, -0.2) is 77.4 Å². The molecule has 0 spiro atoms. The molecular formula is C24H38N4O3. The summed E-state index contributed by atoms with van der Waals surface area (Å²) in [6.45, 7) is 5.00.